The molecule has 0 saturated heterocycles. The molecule has 98 valence electrons. The van der Waals surface area contributed by atoms with Crippen LogP contribution in [0, 0.1) is 0 Å². The van der Waals surface area contributed by atoms with Gasteiger partial charge in [-0.15, -0.1) is 0 Å². The zero-order valence-electron chi connectivity index (χ0n) is 10.2. The van der Waals surface area contributed by atoms with Crippen LogP contribution in [0.3, 0.4) is 0 Å². The molecular weight excluding hydrogens is 244 g/mol. The fourth-order valence-electron chi connectivity index (χ4n) is 1.63. The number of rotatable bonds is 4. The molecule has 1 amide bonds. The molecule has 6 nitrogen and oxygen atoms in total. The number of H-pyrrole nitrogens is 1. The summed E-state index contributed by atoms with van der Waals surface area (Å²) in [6, 6.07) is 10.2. The summed E-state index contributed by atoms with van der Waals surface area (Å²) in [5.74, 6) is 0.147. The van der Waals surface area contributed by atoms with Crippen LogP contribution in [-0.4, -0.2) is 16.1 Å². The van der Waals surface area contributed by atoms with Crippen molar-refractivity contribution in [1.82, 2.24) is 10.2 Å². The second-order valence-electron chi connectivity index (χ2n) is 4.05. The Kier molecular flexibility index (Phi) is 3.92. The van der Waals surface area contributed by atoms with Gasteiger partial charge in [0, 0.05) is 18.2 Å². The SMILES string of the molecule is Nc1ccccc1CCC(=O)Nc1ccc(=O)[nH]n1. The summed E-state index contributed by atoms with van der Waals surface area (Å²) in [5, 5.41) is 8.54. The fourth-order valence-corrected chi connectivity index (χ4v) is 1.63. The van der Waals surface area contributed by atoms with Crippen LogP contribution in [0.5, 0.6) is 0 Å². The van der Waals surface area contributed by atoms with Crippen molar-refractivity contribution in [2.75, 3.05) is 11.1 Å². The molecule has 0 aliphatic carbocycles. The van der Waals surface area contributed by atoms with Crippen molar-refractivity contribution in [3.63, 3.8) is 0 Å². The molecule has 0 aliphatic rings. The van der Waals surface area contributed by atoms with Crippen molar-refractivity contribution in [2.24, 2.45) is 0 Å². The Labute approximate surface area is 109 Å². The van der Waals surface area contributed by atoms with Gasteiger partial charge in [0.2, 0.25) is 5.91 Å². The zero-order chi connectivity index (χ0) is 13.7. The number of nitrogen functional groups attached to an aromatic ring is 1. The normalized spacial score (nSPS) is 10.1. The number of anilines is 2. The van der Waals surface area contributed by atoms with Gasteiger partial charge in [0.15, 0.2) is 5.82 Å². The molecule has 2 aromatic rings. The highest BCUT2D eigenvalue weighted by atomic mass is 16.1. The summed E-state index contributed by atoms with van der Waals surface area (Å²) < 4.78 is 0. The van der Waals surface area contributed by atoms with Crippen LogP contribution in [0.25, 0.3) is 0 Å². The Morgan fingerprint density at radius 3 is 2.74 bits per heavy atom. The third-order valence-corrected chi connectivity index (χ3v) is 2.62. The van der Waals surface area contributed by atoms with Gasteiger partial charge in [0.1, 0.15) is 0 Å². The second kappa shape index (κ2) is 5.81. The standard InChI is InChI=1S/C13H14N4O2/c14-10-4-2-1-3-9(10)5-7-12(18)15-11-6-8-13(19)17-16-11/h1-4,6,8H,5,7,14H2,(H,17,19)(H,15,16,18). The average Bonchev–Trinajstić information content (AvgIpc) is 2.40. The third kappa shape index (κ3) is 3.67. The molecule has 0 spiro atoms. The van der Waals surface area contributed by atoms with E-state index in [1.807, 2.05) is 18.2 Å². The van der Waals surface area contributed by atoms with Crippen LogP contribution >= 0.6 is 0 Å². The number of nitrogens with zero attached hydrogens (tertiary/aromatic N) is 1. The van der Waals surface area contributed by atoms with Crippen LogP contribution in [0.15, 0.2) is 41.2 Å². The maximum Gasteiger partial charge on any atom is 0.264 e. The molecule has 2 rings (SSSR count). The topological polar surface area (TPSA) is 101 Å². The number of benzene rings is 1. The van der Waals surface area contributed by atoms with Crippen molar-refractivity contribution in [3.05, 3.63) is 52.3 Å². The summed E-state index contributed by atoms with van der Waals surface area (Å²) >= 11 is 0. The Balaban J connectivity index is 1.90. The van der Waals surface area contributed by atoms with E-state index in [-0.39, 0.29) is 11.5 Å². The van der Waals surface area contributed by atoms with Gasteiger partial charge < -0.3 is 11.1 Å². The lowest BCUT2D eigenvalue weighted by molar-refractivity contribution is -0.116. The highest BCUT2D eigenvalue weighted by Crippen LogP contribution is 2.12. The van der Waals surface area contributed by atoms with E-state index >= 15 is 0 Å². The van der Waals surface area contributed by atoms with Crippen molar-refractivity contribution in [2.45, 2.75) is 12.8 Å². The quantitative estimate of drug-likeness (QED) is 0.710. The number of nitrogens with two attached hydrogens (primary N) is 1. The van der Waals surface area contributed by atoms with Crippen LogP contribution < -0.4 is 16.6 Å². The summed E-state index contributed by atoms with van der Waals surface area (Å²) in [6.45, 7) is 0. The molecule has 1 aromatic carbocycles. The Morgan fingerprint density at radius 1 is 1.26 bits per heavy atom. The lowest BCUT2D eigenvalue weighted by atomic mass is 10.1. The van der Waals surface area contributed by atoms with Crippen molar-refractivity contribution in [3.8, 4) is 0 Å². The van der Waals surface area contributed by atoms with Gasteiger partial charge in [-0.1, -0.05) is 18.2 Å². The van der Waals surface area contributed by atoms with E-state index in [0.29, 0.717) is 24.3 Å². The molecule has 1 heterocycles. The molecule has 0 bridgehead atoms. The number of aromatic nitrogens is 2. The molecule has 1 aromatic heterocycles. The van der Waals surface area contributed by atoms with Gasteiger partial charge in [-0.2, -0.15) is 5.10 Å². The number of carbonyl (C=O) groups excluding carboxylic acids is 1. The van der Waals surface area contributed by atoms with E-state index in [4.69, 9.17) is 5.73 Å². The zero-order valence-corrected chi connectivity index (χ0v) is 10.2. The number of aryl methyl sites for hydroxylation is 1. The van der Waals surface area contributed by atoms with E-state index in [2.05, 4.69) is 15.5 Å². The van der Waals surface area contributed by atoms with Crippen LogP contribution in [-0.2, 0) is 11.2 Å². The van der Waals surface area contributed by atoms with Gasteiger partial charge >= 0.3 is 0 Å². The van der Waals surface area contributed by atoms with E-state index < -0.39 is 0 Å². The largest absolute Gasteiger partial charge is 0.399 e. The fraction of sp³-hybridized carbons (Fsp3) is 0.154. The molecule has 19 heavy (non-hydrogen) atoms. The van der Waals surface area contributed by atoms with Crippen LogP contribution in [0.2, 0.25) is 0 Å². The minimum atomic E-state index is -0.310. The van der Waals surface area contributed by atoms with Crippen LogP contribution in [0.4, 0.5) is 11.5 Å². The molecule has 4 N–H and O–H groups in total. The number of para-hydroxylation sites is 1. The maximum absolute atomic E-state index is 11.7. The number of nitrogens with one attached hydrogen (secondary N) is 2. The number of aromatic amines is 1. The molecule has 6 heteroatoms. The lowest BCUT2D eigenvalue weighted by Crippen LogP contribution is -2.16. The summed E-state index contributed by atoms with van der Waals surface area (Å²) in [6.07, 6.45) is 0.858. The minimum Gasteiger partial charge on any atom is -0.399 e. The summed E-state index contributed by atoms with van der Waals surface area (Å²) in [5.41, 5.74) is 7.10. The molecule has 0 unspecified atom stereocenters. The van der Waals surface area contributed by atoms with Crippen LogP contribution in [0.1, 0.15) is 12.0 Å². The van der Waals surface area contributed by atoms with Gasteiger partial charge in [0.05, 0.1) is 0 Å². The average molecular weight is 258 g/mol. The predicted molar refractivity (Wildman–Crippen MR) is 72.7 cm³/mol. The number of amides is 1. The second-order valence-corrected chi connectivity index (χ2v) is 4.05. The van der Waals surface area contributed by atoms with E-state index in [1.165, 1.54) is 12.1 Å². The summed E-state index contributed by atoms with van der Waals surface area (Å²) in [4.78, 5) is 22.5. The highest BCUT2D eigenvalue weighted by Gasteiger charge is 2.05. The van der Waals surface area contributed by atoms with Crippen molar-refractivity contribution < 1.29 is 4.79 Å². The highest BCUT2D eigenvalue weighted by molar-refractivity contribution is 5.89. The van der Waals surface area contributed by atoms with E-state index in [9.17, 15) is 9.59 Å². The van der Waals surface area contributed by atoms with Gasteiger partial charge in [-0.05, 0) is 24.1 Å². The maximum atomic E-state index is 11.7. The number of hydrogen-bond donors (Lipinski definition) is 3. The van der Waals surface area contributed by atoms with Gasteiger partial charge in [-0.3, -0.25) is 9.59 Å². The van der Waals surface area contributed by atoms with Gasteiger partial charge in [0.25, 0.3) is 5.56 Å². The first-order chi connectivity index (χ1) is 9.15. The monoisotopic (exact) mass is 258 g/mol. The predicted octanol–water partition coefficient (Wildman–Crippen LogP) is 0.923. The first-order valence-corrected chi connectivity index (χ1v) is 5.84. The lowest BCUT2D eigenvalue weighted by Gasteiger charge is -2.05. The van der Waals surface area contributed by atoms with E-state index in [0.717, 1.165) is 5.56 Å². The minimum absolute atomic E-state index is 0.178. The van der Waals surface area contributed by atoms with Crippen molar-refractivity contribution in [1.29, 1.82) is 0 Å². The Hall–Kier alpha value is -2.63. The van der Waals surface area contributed by atoms with E-state index in [1.54, 1.807) is 6.07 Å². The third-order valence-electron chi connectivity index (χ3n) is 2.62. The number of carbonyl (C=O) groups is 1. The molecule has 0 aliphatic heterocycles. The Morgan fingerprint density at radius 2 is 2.05 bits per heavy atom. The molecular formula is C13H14N4O2. The first-order valence-electron chi connectivity index (χ1n) is 5.84. The molecule has 0 atom stereocenters. The molecule has 0 fully saturated rings. The van der Waals surface area contributed by atoms with Crippen molar-refractivity contribution >= 4 is 17.4 Å². The molecule has 0 radical (unpaired) electrons. The summed E-state index contributed by atoms with van der Waals surface area (Å²) in [7, 11) is 0. The molecule has 0 saturated carbocycles. The number of hydrogen-bond acceptors (Lipinski definition) is 4. The van der Waals surface area contributed by atoms with Gasteiger partial charge in [-0.25, -0.2) is 5.10 Å². The Bertz CT molecular complexity index is 616. The smallest absolute Gasteiger partial charge is 0.264 e. The first kappa shape index (κ1) is 12.8.